The van der Waals surface area contributed by atoms with Crippen LogP contribution in [0.2, 0.25) is 0 Å². The lowest BCUT2D eigenvalue weighted by molar-refractivity contribution is -0.137. The molecule has 0 aromatic heterocycles. The van der Waals surface area contributed by atoms with Crippen molar-refractivity contribution in [3.05, 3.63) is 34.9 Å². The Morgan fingerprint density at radius 3 is 2.10 bits per heavy atom. The van der Waals surface area contributed by atoms with E-state index in [1.165, 1.54) is 0 Å². The molecule has 4 heteroatoms. The number of aryl methyl sites for hydroxylation is 2. The van der Waals surface area contributed by atoms with Crippen LogP contribution in [-0.4, -0.2) is 23.0 Å². The van der Waals surface area contributed by atoms with Gasteiger partial charge in [0, 0.05) is 11.6 Å². The van der Waals surface area contributed by atoms with Crippen LogP contribution in [0.4, 0.5) is 0 Å². The minimum atomic E-state index is -0.898. The number of carbonyl (C=O) groups is 2. The Morgan fingerprint density at radius 1 is 1.14 bits per heavy atom. The van der Waals surface area contributed by atoms with Crippen molar-refractivity contribution in [2.24, 2.45) is 5.41 Å². The summed E-state index contributed by atoms with van der Waals surface area (Å²) in [6.07, 6.45) is 0.559. The predicted octanol–water partition coefficient (Wildman–Crippen LogP) is 3.31. The molecular formula is C17H25NO3. The predicted molar refractivity (Wildman–Crippen MR) is 83.5 cm³/mol. The zero-order valence-corrected chi connectivity index (χ0v) is 13.5. The van der Waals surface area contributed by atoms with Crippen molar-refractivity contribution in [1.82, 2.24) is 5.32 Å². The molecule has 1 aromatic carbocycles. The highest BCUT2D eigenvalue weighted by Crippen LogP contribution is 2.22. The van der Waals surface area contributed by atoms with Crippen molar-refractivity contribution in [2.45, 2.75) is 53.5 Å². The molecule has 1 unspecified atom stereocenters. The van der Waals surface area contributed by atoms with E-state index < -0.39 is 5.97 Å². The second kappa shape index (κ2) is 6.74. The summed E-state index contributed by atoms with van der Waals surface area (Å²) in [4.78, 5) is 23.3. The monoisotopic (exact) mass is 291 g/mol. The van der Waals surface area contributed by atoms with Crippen LogP contribution in [0.1, 0.15) is 55.1 Å². The van der Waals surface area contributed by atoms with Gasteiger partial charge in [0.2, 0.25) is 0 Å². The molecule has 0 fully saturated rings. The molecule has 4 nitrogen and oxygen atoms in total. The zero-order chi connectivity index (χ0) is 16.2. The summed E-state index contributed by atoms with van der Waals surface area (Å²) in [6, 6.07) is 5.27. The highest BCUT2D eigenvalue weighted by atomic mass is 16.4. The van der Waals surface area contributed by atoms with Gasteiger partial charge >= 0.3 is 5.97 Å². The van der Waals surface area contributed by atoms with Crippen LogP contribution < -0.4 is 5.32 Å². The molecule has 0 bridgehead atoms. The van der Waals surface area contributed by atoms with Gasteiger partial charge in [-0.25, -0.2) is 0 Å². The molecule has 0 heterocycles. The number of carbonyl (C=O) groups excluding carboxylic acids is 1. The maximum absolute atomic E-state index is 12.3. The number of benzene rings is 1. The normalized spacial score (nSPS) is 12.8. The largest absolute Gasteiger partial charge is 0.481 e. The lowest BCUT2D eigenvalue weighted by Crippen LogP contribution is -2.39. The van der Waals surface area contributed by atoms with Crippen molar-refractivity contribution < 1.29 is 14.7 Å². The van der Waals surface area contributed by atoms with Crippen molar-refractivity contribution in [3.8, 4) is 0 Å². The molecule has 2 N–H and O–H groups in total. The molecule has 1 atom stereocenters. The first-order valence-corrected chi connectivity index (χ1v) is 7.18. The molecule has 116 valence electrons. The van der Waals surface area contributed by atoms with E-state index in [4.69, 9.17) is 5.11 Å². The number of amides is 1. The SMILES string of the molecule is Cc1cc(C)cc(C(=O)NC(CC(=O)O)CC(C)(C)C)c1. The highest BCUT2D eigenvalue weighted by Gasteiger charge is 2.23. The Morgan fingerprint density at radius 2 is 1.67 bits per heavy atom. The van der Waals surface area contributed by atoms with Crippen LogP contribution >= 0.6 is 0 Å². The highest BCUT2D eigenvalue weighted by molar-refractivity contribution is 5.95. The smallest absolute Gasteiger partial charge is 0.305 e. The molecule has 0 spiro atoms. The fourth-order valence-corrected chi connectivity index (χ4v) is 2.50. The number of carboxylic acids is 1. The van der Waals surface area contributed by atoms with Crippen molar-refractivity contribution in [2.75, 3.05) is 0 Å². The molecule has 21 heavy (non-hydrogen) atoms. The zero-order valence-electron chi connectivity index (χ0n) is 13.5. The number of nitrogens with one attached hydrogen (secondary N) is 1. The molecule has 0 aliphatic rings. The molecule has 0 saturated carbocycles. The molecule has 1 aromatic rings. The van der Waals surface area contributed by atoms with Gasteiger partial charge in [-0.1, -0.05) is 38.0 Å². The lowest BCUT2D eigenvalue weighted by Gasteiger charge is -2.26. The average Bonchev–Trinajstić information content (AvgIpc) is 2.23. The standard InChI is InChI=1S/C17H25NO3/c1-11-6-12(2)8-13(7-11)16(21)18-14(9-15(19)20)10-17(3,4)5/h6-8,14H,9-10H2,1-5H3,(H,18,21)(H,19,20). The van der Waals surface area contributed by atoms with Gasteiger partial charge in [0.1, 0.15) is 0 Å². The summed E-state index contributed by atoms with van der Waals surface area (Å²) < 4.78 is 0. The minimum absolute atomic E-state index is 0.0457. The summed E-state index contributed by atoms with van der Waals surface area (Å²) in [6.45, 7) is 9.97. The summed E-state index contributed by atoms with van der Waals surface area (Å²) in [5.74, 6) is -1.11. The first-order valence-electron chi connectivity index (χ1n) is 7.18. The van der Waals surface area contributed by atoms with E-state index in [0.717, 1.165) is 11.1 Å². The Labute approximate surface area is 126 Å². The van der Waals surface area contributed by atoms with E-state index in [-0.39, 0.29) is 23.8 Å². The van der Waals surface area contributed by atoms with E-state index >= 15 is 0 Å². The molecule has 0 radical (unpaired) electrons. The van der Waals surface area contributed by atoms with Gasteiger partial charge in [0.05, 0.1) is 6.42 Å². The molecule has 0 saturated heterocycles. The summed E-state index contributed by atoms with van der Waals surface area (Å²) >= 11 is 0. The maximum Gasteiger partial charge on any atom is 0.305 e. The van der Waals surface area contributed by atoms with E-state index in [2.05, 4.69) is 5.32 Å². The van der Waals surface area contributed by atoms with Gasteiger partial charge in [0.25, 0.3) is 5.91 Å². The number of aliphatic carboxylic acids is 1. The van der Waals surface area contributed by atoms with E-state index in [1.54, 1.807) is 0 Å². The van der Waals surface area contributed by atoms with E-state index in [9.17, 15) is 9.59 Å². The quantitative estimate of drug-likeness (QED) is 0.874. The fourth-order valence-electron chi connectivity index (χ4n) is 2.50. The van der Waals surface area contributed by atoms with Crippen LogP contribution in [0.3, 0.4) is 0 Å². The summed E-state index contributed by atoms with van der Waals surface area (Å²) in [5.41, 5.74) is 2.57. The van der Waals surface area contributed by atoms with Crippen molar-refractivity contribution in [1.29, 1.82) is 0 Å². The summed E-state index contributed by atoms with van der Waals surface area (Å²) in [7, 11) is 0. The maximum atomic E-state index is 12.3. The molecule has 0 aliphatic heterocycles. The van der Waals surface area contributed by atoms with E-state index in [0.29, 0.717) is 12.0 Å². The van der Waals surface area contributed by atoms with E-state index in [1.807, 2.05) is 52.8 Å². The van der Waals surface area contributed by atoms with Crippen LogP contribution in [0.15, 0.2) is 18.2 Å². The lowest BCUT2D eigenvalue weighted by atomic mass is 9.87. The van der Waals surface area contributed by atoms with Gasteiger partial charge in [-0.05, 0) is 37.8 Å². The fraction of sp³-hybridized carbons (Fsp3) is 0.529. The Bertz CT molecular complexity index is 509. The first-order chi connectivity index (χ1) is 9.56. The second-order valence-electron chi connectivity index (χ2n) is 6.91. The van der Waals surface area contributed by atoms with Crippen LogP contribution in [0.25, 0.3) is 0 Å². The van der Waals surface area contributed by atoms with Crippen LogP contribution in [-0.2, 0) is 4.79 Å². The summed E-state index contributed by atoms with van der Waals surface area (Å²) in [5, 5.41) is 11.9. The molecule has 1 rings (SSSR count). The number of hydrogen-bond acceptors (Lipinski definition) is 2. The number of carboxylic acid groups (broad SMARTS) is 1. The first kappa shape index (κ1) is 17.2. The number of rotatable bonds is 5. The molecule has 0 aliphatic carbocycles. The third-order valence-corrected chi connectivity index (χ3v) is 3.10. The molecular weight excluding hydrogens is 266 g/mol. The molecule has 1 amide bonds. The van der Waals surface area contributed by atoms with Crippen molar-refractivity contribution >= 4 is 11.9 Å². The Hall–Kier alpha value is -1.84. The minimum Gasteiger partial charge on any atom is -0.481 e. The third kappa shape index (κ3) is 6.43. The number of hydrogen-bond donors (Lipinski definition) is 2. The van der Waals surface area contributed by atoms with Crippen molar-refractivity contribution in [3.63, 3.8) is 0 Å². The van der Waals surface area contributed by atoms with Gasteiger partial charge in [-0.15, -0.1) is 0 Å². The topological polar surface area (TPSA) is 66.4 Å². The van der Waals surface area contributed by atoms with Crippen LogP contribution in [0.5, 0.6) is 0 Å². The third-order valence-electron chi connectivity index (χ3n) is 3.10. The van der Waals surface area contributed by atoms with Gasteiger partial charge < -0.3 is 10.4 Å². The van der Waals surface area contributed by atoms with Crippen LogP contribution in [0, 0.1) is 19.3 Å². The Balaban J connectivity index is 2.86. The van der Waals surface area contributed by atoms with Gasteiger partial charge in [-0.3, -0.25) is 9.59 Å². The van der Waals surface area contributed by atoms with Gasteiger partial charge in [0.15, 0.2) is 0 Å². The van der Waals surface area contributed by atoms with Gasteiger partial charge in [-0.2, -0.15) is 0 Å². The second-order valence-corrected chi connectivity index (χ2v) is 6.91. The average molecular weight is 291 g/mol. The Kier molecular flexibility index (Phi) is 5.53.